The van der Waals surface area contributed by atoms with Crippen molar-refractivity contribution in [3.05, 3.63) is 30.0 Å². The van der Waals surface area contributed by atoms with E-state index in [1.807, 2.05) is 0 Å². The topological polar surface area (TPSA) is 71.5 Å². The van der Waals surface area contributed by atoms with Crippen LogP contribution in [-0.4, -0.2) is 31.1 Å². The van der Waals surface area contributed by atoms with Crippen LogP contribution in [0.5, 0.6) is 17.2 Å². The number of methoxy groups -OCH3 is 3. The third-order valence-corrected chi connectivity index (χ3v) is 2.87. The predicted molar refractivity (Wildman–Crippen MR) is 71.8 cm³/mol. The Morgan fingerprint density at radius 1 is 1.11 bits per heavy atom. The van der Waals surface area contributed by atoms with Gasteiger partial charge in [0.25, 0.3) is 0 Å². The molecule has 0 atom stereocenters. The van der Waals surface area contributed by atoms with Gasteiger partial charge in [0, 0.05) is 12.1 Å². The van der Waals surface area contributed by atoms with E-state index in [0.717, 1.165) is 5.56 Å². The Hall–Kier alpha value is -2.37. The summed E-state index contributed by atoms with van der Waals surface area (Å²) < 4.78 is 17.6. The quantitative estimate of drug-likeness (QED) is 0.886. The molecule has 0 bridgehead atoms. The first-order valence-corrected chi connectivity index (χ1v) is 5.75. The lowest BCUT2D eigenvalue weighted by Crippen LogP contribution is -2.08. The predicted octanol–water partition coefficient (Wildman–Crippen LogP) is 1.54. The number of anilines is 1. The van der Waals surface area contributed by atoms with E-state index < -0.39 is 0 Å². The first-order chi connectivity index (χ1) is 9.19. The molecule has 1 aromatic heterocycles. The van der Waals surface area contributed by atoms with Crippen molar-refractivity contribution in [2.75, 3.05) is 27.1 Å². The molecule has 0 spiro atoms. The Morgan fingerprint density at radius 2 is 1.74 bits per heavy atom. The molecule has 19 heavy (non-hydrogen) atoms. The molecule has 2 N–H and O–H groups in total. The Kier molecular flexibility index (Phi) is 3.79. The van der Waals surface area contributed by atoms with Crippen molar-refractivity contribution in [2.24, 2.45) is 0 Å². The molecule has 0 radical (unpaired) electrons. The molecule has 0 saturated carbocycles. The normalized spacial score (nSPS) is 10.3. The molecule has 0 saturated heterocycles. The number of aromatic nitrogens is 2. The minimum Gasteiger partial charge on any atom is -0.496 e. The fraction of sp³-hybridized carbons (Fsp3) is 0.308. The Balaban J connectivity index is 2.45. The Morgan fingerprint density at radius 3 is 2.16 bits per heavy atom. The average Bonchev–Trinajstić information content (AvgIpc) is 2.84. The van der Waals surface area contributed by atoms with Crippen LogP contribution in [0.1, 0.15) is 5.56 Å². The molecule has 6 heteroatoms. The molecule has 0 aliphatic carbocycles. The maximum absolute atomic E-state index is 5.82. The van der Waals surface area contributed by atoms with E-state index in [-0.39, 0.29) is 0 Å². The highest BCUT2D eigenvalue weighted by Gasteiger charge is 2.14. The van der Waals surface area contributed by atoms with E-state index in [2.05, 4.69) is 5.10 Å². The van der Waals surface area contributed by atoms with Crippen LogP contribution in [0.4, 0.5) is 5.82 Å². The van der Waals surface area contributed by atoms with Crippen molar-refractivity contribution in [1.29, 1.82) is 0 Å². The summed E-state index contributed by atoms with van der Waals surface area (Å²) in [7, 11) is 4.80. The highest BCUT2D eigenvalue weighted by atomic mass is 16.5. The van der Waals surface area contributed by atoms with Gasteiger partial charge in [-0.15, -0.1) is 0 Å². The summed E-state index contributed by atoms with van der Waals surface area (Å²) in [6.45, 7) is 0.467. The summed E-state index contributed by atoms with van der Waals surface area (Å²) in [5.41, 5.74) is 6.68. The van der Waals surface area contributed by atoms with Gasteiger partial charge in [0.15, 0.2) is 0 Å². The van der Waals surface area contributed by atoms with Crippen molar-refractivity contribution in [3.8, 4) is 17.2 Å². The fourth-order valence-corrected chi connectivity index (χ4v) is 1.86. The average molecular weight is 263 g/mol. The van der Waals surface area contributed by atoms with E-state index in [9.17, 15) is 0 Å². The van der Waals surface area contributed by atoms with Gasteiger partial charge in [-0.2, -0.15) is 5.10 Å². The molecule has 0 aliphatic heterocycles. The van der Waals surface area contributed by atoms with E-state index in [4.69, 9.17) is 19.9 Å². The lowest BCUT2D eigenvalue weighted by molar-refractivity contribution is 0.366. The van der Waals surface area contributed by atoms with Gasteiger partial charge in [-0.3, -0.25) is 0 Å². The first-order valence-electron chi connectivity index (χ1n) is 5.75. The number of rotatable bonds is 5. The molecular formula is C13H17N3O3. The minimum absolute atomic E-state index is 0.467. The van der Waals surface area contributed by atoms with Gasteiger partial charge in [0.1, 0.15) is 23.1 Å². The molecular weight excluding hydrogens is 246 g/mol. The van der Waals surface area contributed by atoms with Crippen LogP contribution in [0.25, 0.3) is 0 Å². The van der Waals surface area contributed by atoms with Gasteiger partial charge < -0.3 is 19.9 Å². The molecule has 0 amide bonds. The number of nitrogens with zero attached hydrogens (tertiary/aromatic N) is 2. The van der Waals surface area contributed by atoms with Crippen LogP contribution in [0.3, 0.4) is 0 Å². The number of nitrogen functional groups attached to an aromatic ring is 1. The zero-order valence-corrected chi connectivity index (χ0v) is 11.2. The van der Waals surface area contributed by atoms with Crippen molar-refractivity contribution in [3.63, 3.8) is 0 Å². The van der Waals surface area contributed by atoms with E-state index in [0.29, 0.717) is 29.6 Å². The van der Waals surface area contributed by atoms with Crippen molar-refractivity contribution < 1.29 is 14.2 Å². The van der Waals surface area contributed by atoms with Crippen LogP contribution in [0.15, 0.2) is 24.4 Å². The van der Waals surface area contributed by atoms with Crippen molar-refractivity contribution in [1.82, 2.24) is 9.78 Å². The van der Waals surface area contributed by atoms with Crippen LogP contribution in [-0.2, 0) is 6.54 Å². The van der Waals surface area contributed by atoms with Crippen LogP contribution < -0.4 is 19.9 Å². The summed E-state index contributed by atoms with van der Waals surface area (Å²) in [5.74, 6) is 2.60. The van der Waals surface area contributed by atoms with E-state index >= 15 is 0 Å². The van der Waals surface area contributed by atoms with Crippen LogP contribution >= 0.6 is 0 Å². The molecule has 0 unspecified atom stereocenters. The smallest absolute Gasteiger partial charge is 0.131 e. The molecule has 6 nitrogen and oxygen atoms in total. The highest BCUT2D eigenvalue weighted by Crippen LogP contribution is 2.34. The fourth-order valence-electron chi connectivity index (χ4n) is 1.86. The lowest BCUT2D eigenvalue weighted by atomic mass is 10.1. The van der Waals surface area contributed by atoms with Gasteiger partial charge in [0.05, 0.1) is 39.6 Å². The number of hydrogen-bond acceptors (Lipinski definition) is 5. The zero-order valence-electron chi connectivity index (χ0n) is 11.2. The SMILES string of the molecule is COc1cc(OC)c(Cn2nccc2N)c(OC)c1. The summed E-state index contributed by atoms with van der Waals surface area (Å²) in [4.78, 5) is 0. The summed E-state index contributed by atoms with van der Waals surface area (Å²) in [6, 6.07) is 5.34. The van der Waals surface area contributed by atoms with Gasteiger partial charge in [-0.1, -0.05) is 0 Å². The number of benzene rings is 1. The molecule has 0 fully saturated rings. The van der Waals surface area contributed by atoms with Gasteiger partial charge in [-0.25, -0.2) is 4.68 Å². The second-order valence-electron chi connectivity index (χ2n) is 3.92. The highest BCUT2D eigenvalue weighted by molar-refractivity contribution is 5.51. The van der Waals surface area contributed by atoms with Crippen LogP contribution in [0.2, 0.25) is 0 Å². The molecule has 102 valence electrons. The second-order valence-corrected chi connectivity index (χ2v) is 3.92. The summed E-state index contributed by atoms with van der Waals surface area (Å²) in [6.07, 6.45) is 1.65. The standard InChI is InChI=1S/C13H17N3O3/c1-17-9-6-11(18-2)10(12(7-9)19-3)8-16-13(14)4-5-15-16/h4-7H,8,14H2,1-3H3. The van der Waals surface area contributed by atoms with Crippen molar-refractivity contribution >= 4 is 5.82 Å². The Labute approximate surface area is 111 Å². The molecule has 2 rings (SSSR count). The number of nitrogens with two attached hydrogens (primary N) is 1. The molecule has 2 aromatic rings. The molecule has 0 aliphatic rings. The minimum atomic E-state index is 0.467. The first kappa shape index (κ1) is 13.1. The van der Waals surface area contributed by atoms with Gasteiger partial charge in [-0.05, 0) is 6.07 Å². The lowest BCUT2D eigenvalue weighted by Gasteiger charge is -2.15. The van der Waals surface area contributed by atoms with E-state index in [1.165, 1.54) is 0 Å². The van der Waals surface area contributed by atoms with Crippen LogP contribution in [0, 0.1) is 0 Å². The van der Waals surface area contributed by atoms with E-state index in [1.54, 1.807) is 50.4 Å². The summed E-state index contributed by atoms with van der Waals surface area (Å²) in [5, 5.41) is 4.15. The summed E-state index contributed by atoms with van der Waals surface area (Å²) >= 11 is 0. The molecule has 1 aromatic carbocycles. The maximum atomic E-state index is 5.82. The van der Waals surface area contributed by atoms with Crippen molar-refractivity contribution in [2.45, 2.75) is 6.54 Å². The third-order valence-electron chi connectivity index (χ3n) is 2.87. The second kappa shape index (κ2) is 5.51. The Bertz CT molecular complexity index is 541. The largest absolute Gasteiger partial charge is 0.496 e. The zero-order chi connectivity index (χ0) is 13.8. The van der Waals surface area contributed by atoms with Gasteiger partial charge in [0.2, 0.25) is 0 Å². The third kappa shape index (κ3) is 2.57. The molecule has 1 heterocycles. The van der Waals surface area contributed by atoms with Gasteiger partial charge >= 0.3 is 0 Å². The monoisotopic (exact) mass is 263 g/mol. The maximum Gasteiger partial charge on any atom is 0.131 e. The number of ether oxygens (including phenoxy) is 3. The number of hydrogen-bond donors (Lipinski definition) is 1.